The lowest BCUT2D eigenvalue weighted by Gasteiger charge is -2.06. The Bertz CT molecular complexity index is 462. The van der Waals surface area contributed by atoms with Crippen LogP contribution in [-0.4, -0.2) is 9.78 Å². The van der Waals surface area contributed by atoms with Gasteiger partial charge in [-0.05, 0) is 40.8 Å². The number of benzene rings is 1. The lowest BCUT2D eigenvalue weighted by molar-refractivity contribution is 0.681. The van der Waals surface area contributed by atoms with Crippen LogP contribution in [0.4, 0.5) is 0 Å². The standard InChI is InChI=1S/C10H7Cl2IN2/c11-8-2-1-3-9(12)7(8)6-15-5-4-10(13)14-15/h1-5H,6H2. The molecule has 1 aromatic carbocycles. The van der Waals surface area contributed by atoms with Gasteiger partial charge in [0.05, 0.1) is 6.54 Å². The van der Waals surface area contributed by atoms with Crippen LogP contribution >= 0.6 is 45.8 Å². The Balaban J connectivity index is 2.31. The molecule has 2 rings (SSSR count). The van der Waals surface area contributed by atoms with E-state index in [0.717, 1.165) is 9.26 Å². The quantitative estimate of drug-likeness (QED) is 0.751. The molecule has 0 saturated heterocycles. The minimum Gasteiger partial charge on any atom is -0.267 e. The van der Waals surface area contributed by atoms with Crippen molar-refractivity contribution in [3.8, 4) is 0 Å². The van der Waals surface area contributed by atoms with Gasteiger partial charge < -0.3 is 0 Å². The fraction of sp³-hybridized carbons (Fsp3) is 0.100. The molecule has 0 aliphatic heterocycles. The highest BCUT2D eigenvalue weighted by atomic mass is 127. The van der Waals surface area contributed by atoms with Crippen LogP contribution in [0.3, 0.4) is 0 Å². The minimum atomic E-state index is 0.599. The predicted octanol–water partition coefficient (Wildman–Crippen LogP) is 3.84. The van der Waals surface area contributed by atoms with Crippen LogP contribution in [0.15, 0.2) is 30.5 Å². The molecule has 0 atom stereocenters. The van der Waals surface area contributed by atoms with Crippen molar-refractivity contribution in [2.75, 3.05) is 0 Å². The van der Waals surface area contributed by atoms with Gasteiger partial charge in [-0.3, -0.25) is 4.68 Å². The average molecular weight is 353 g/mol. The number of aromatic nitrogens is 2. The zero-order valence-electron chi connectivity index (χ0n) is 7.62. The zero-order valence-corrected chi connectivity index (χ0v) is 11.3. The van der Waals surface area contributed by atoms with Gasteiger partial charge in [0.15, 0.2) is 0 Å². The lowest BCUT2D eigenvalue weighted by atomic mass is 10.2. The summed E-state index contributed by atoms with van der Waals surface area (Å²) < 4.78 is 2.77. The van der Waals surface area contributed by atoms with Crippen LogP contribution in [0.5, 0.6) is 0 Å². The number of rotatable bonds is 2. The van der Waals surface area contributed by atoms with Crippen LogP contribution in [0, 0.1) is 3.70 Å². The molecule has 2 aromatic rings. The van der Waals surface area contributed by atoms with Crippen LogP contribution < -0.4 is 0 Å². The van der Waals surface area contributed by atoms with E-state index in [1.165, 1.54) is 0 Å². The molecule has 0 bridgehead atoms. The molecule has 1 heterocycles. The van der Waals surface area contributed by atoms with Crippen molar-refractivity contribution in [2.24, 2.45) is 0 Å². The lowest BCUT2D eigenvalue weighted by Crippen LogP contribution is -2.01. The summed E-state index contributed by atoms with van der Waals surface area (Å²) in [6, 6.07) is 7.43. The molecule has 0 unspecified atom stereocenters. The molecular weight excluding hydrogens is 346 g/mol. The first-order valence-corrected chi connectivity index (χ1v) is 6.12. The van der Waals surface area contributed by atoms with E-state index in [1.807, 2.05) is 35.1 Å². The van der Waals surface area contributed by atoms with Gasteiger partial charge in [-0.1, -0.05) is 29.3 Å². The first-order chi connectivity index (χ1) is 7.16. The molecule has 0 aliphatic rings. The van der Waals surface area contributed by atoms with E-state index < -0.39 is 0 Å². The van der Waals surface area contributed by atoms with Gasteiger partial charge in [0.1, 0.15) is 3.70 Å². The van der Waals surface area contributed by atoms with Gasteiger partial charge in [0, 0.05) is 21.8 Å². The van der Waals surface area contributed by atoms with E-state index in [9.17, 15) is 0 Å². The molecule has 0 amide bonds. The third-order valence-electron chi connectivity index (χ3n) is 1.99. The first-order valence-electron chi connectivity index (χ1n) is 4.28. The van der Waals surface area contributed by atoms with Gasteiger partial charge in [-0.25, -0.2) is 0 Å². The molecule has 5 heteroatoms. The van der Waals surface area contributed by atoms with Crippen molar-refractivity contribution >= 4 is 45.8 Å². The van der Waals surface area contributed by atoms with Gasteiger partial charge in [-0.15, -0.1) is 0 Å². The maximum absolute atomic E-state index is 6.06. The van der Waals surface area contributed by atoms with Crippen molar-refractivity contribution < 1.29 is 0 Å². The molecule has 0 radical (unpaired) electrons. The van der Waals surface area contributed by atoms with Gasteiger partial charge >= 0.3 is 0 Å². The van der Waals surface area contributed by atoms with Crippen LogP contribution in [0.2, 0.25) is 10.0 Å². The molecule has 0 N–H and O–H groups in total. The zero-order chi connectivity index (χ0) is 10.8. The van der Waals surface area contributed by atoms with E-state index in [0.29, 0.717) is 16.6 Å². The Kier molecular flexibility index (Phi) is 3.53. The van der Waals surface area contributed by atoms with E-state index in [-0.39, 0.29) is 0 Å². The van der Waals surface area contributed by atoms with Gasteiger partial charge in [0.25, 0.3) is 0 Å². The minimum absolute atomic E-state index is 0.599. The first kappa shape index (κ1) is 11.2. The summed E-state index contributed by atoms with van der Waals surface area (Å²) >= 11 is 14.3. The third-order valence-corrected chi connectivity index (χ3v) is 3.27. The summed E-state index contributed by atoms with van der Waals surface area (Å²) in [6.45, 7) is 0.599. The average Bonchev–Trinajstić information content (AvgIpc) is 2.58. The fourth-order valence-corrected chi connectivity index (χ4v) is 2.23. The Morgan fingerprint density at radius 1 is 1.20 bits per heavy atom. The second kappa shape index (κ2) is 4.72. The van der Waals surface area contributed by atoms with E-state index in [2.05, 4.69) is 27.7 Å². The molecular formula is C10H7Cl2IN2. The van der Waals surface area contributed by atoms with E-state index >= 15 is 0 Å². The Labute approximate surface area is 111 Å². The SMILES string of the molecule is Clc1cccc(Cl)c1Cn1ccc(I)n1. The molecule has 78 valence electrons. The van der Waals surface area contributed by atoms with Crippen LogP contribution in [-0.2, 0) is 6.54 Å². The largest absolute Gasteiger partial charge is 0.267 e. The summed E-state index contributed by atoms with van der Waals surface area (Å²) in [5.41, 5.74) is 0.903. The number of halogens is 3. The smallest absolute Gasteiger partial charge is 0.123 e. The molecule has 0 fully saturated rings. The summed E-state index contributed by atoms with van der Waals surface area (Å²) in [6.07, 6.45) is 1.90. The topological polar surface area (TPSA) is 17.8 Å². The normalized spacial score (nSPS) is 10.6. The number of hydrogen-bond donors (Lipinski definition) is 0. The monoisotopic (exact) mass is 352 g/mol. The van der Waals surface area contributed by atoms with E-state index in [1.54, 1.807) is 0 Å². The van der Waals surface area contributed by atoms with Crippen molar-refractivity contribution in [2.45, 2.75) is 6.54 Å². The fourth-order valence-electron chi connectivity index (χ4n) is 1.27. The summed E-state index contributed by atoms with van der Waals surface area (Å²) in [5.74, 6) is 0. The molecule has 0 saturated carbocycles. The molecule has 0 aliphatic carbocycles. The third kappa shape index (κ3) is 2.65. The maximum Gasteiger partial charge on any atom is 0.123 e. The highest BCUT2D eigenvalue weighted by Crippen LogP contribution is 2.24. The number of hydrogen-bond acceptors (Lipinski definition) is 1. The Morgan fingerprint density at radius 3 is 2.40 bits per heavy atom. The van der Waals surface area contributed by atoms with Crippen molar-refractivity contribution in [1.82, 2.24) is 9.78 Å². The highest BCUT2D eigenvalue weighted by Gasteiger charge is 2.06. The second-order valence-electron chi connectivity index (χ2n) is 3.04. The molecule has 0 spiro atoms. The van der Waals surface area contributed by atoms with Crippen LogP contribution in [0.25, 0.3) is 0 Å². The van der Waals surface area contributed by atoms with Crippen molar-refractivity contribution in [1.29, 1.82) is 0 Å². The van der Waals surface area contributed by atoms with Crippen molar-refractivity contribution in [3.63, 3.8) is 0 Å². The summed E-state index contributed by atoms with van der Waals surface area (Å²) in [7, 11) is 0. The Hall–Kier alpha value is -0.260. The van der Waals surface area contributed by atoms with Gasteiger partial charge in [-0.2, -0.15) is 5.10 Å². The maximum atomic E-state index is 6.06. The number of nitrogens with zero attached hydrogens (tertiary/aromatic N) is 2. The highest BCUT2D eigenvalue weighted by molar-refractivity contribution is 14.1. The summed E-state index contributed by atoms with van der Waals surface area (Å²) in [4.78, 5) is 0. The Morgan fingerprint density at radius 2 is 1.87 bits per heavy atom. The molecule has 15 heavy (non-hydrogen) atoms. The molecule has 2 nitrogen and oxygen atoms in total. The predicted molar refractivity (Wildman–Crippen MR) is 70.5 cm³/mol. The van der Waals surface area contributed by atoms with Crippen LogP contribution in [0.1, 0.15) is 5.56 Å². The van der Waals surface area contributed by atoms with E-state index in [4.69, 9.17) is 23.2 Å². The molecule has 1 aromatic heterocycles. The van der Waals surface area contributed by atoms with Crippen molar-refractivity contribution in [3.05, 3.63) is 49.8 Å². The summed E-state index contributed by atoms with van der Waals surface area (Å²) in [5, 5.41) is 5.62. The van der Waals surface area contributed by atoms with Gasteiger partial charge in [0.2, 0.25) is 0 Å². The second-order valence-corrected chi connectivity index (χ2v) is 4.96.